The lowest BCUT2D eigenvalue weighted by atomic mass is 10.1. The number of hydrogen-bond acceptors (Lipinski definition) is 4. The number of carbonyl (C=O) groups is 3. The third-order valence-electron chi connectivity index (χ3n) is 4.70. The van der Waals surface area contributed by atoms with Crippen LogP contribution in [0.1, 0.15) is 22.8 Å². The number of amides is 2. The van der Waals surface area contributed by atoms with Gasteiger partial charge in [0.2, 0.25) is 11.8 Å². The van der Waals surface area contributed by atoms with E-state index in [1.54, 1.807) is 24.3 Å². The van der Waals surface area contributed by atoms with Crippen molar-refractivity contribution in [1.82, 2.24) is 9.88 Å². The molecule has 7 heteroatoms. The molecule has 1 aromatic heterocycles. The number of carbonyl (C=O) groups excluding carboxylic acids is 3. The van der Waals surface area contributed by atoms with Gasteiger partial charge in [-0.3, -0.25) is 9.59 Å². The second-order valence-electron chi connectivity index (χ2n) is 6.67. The van der Waals surface area contributed by atoms with Crippen LogP contribution in [0.3, 0.4) is 0 Å². The first-order chi connectivity index (χ1) is 14.0. The number of esters is 1. The highest BCUT2D eigenvalue weighted by molar-refractivity contribution is 5.95. The van der Waals surface area contributed by atoms with E-state index in [9.17, 15) is 14.4 Å². The van der Waals surface area contributed by atoms with Crippen LogP contribution in [-0.4, -0.2) is 47.9 Å². The van der Waals surface area contributed by atoms with Gasteiger partial charge in [0.25, 0.3) is 0 Å². The van der Waals surface area contributed by atoms with Crippen molar-refractivity contribution >= 4 is 34.4 Å². The zero-order valence-corrected chi connectivity index (χ0v) is 16.4. The monoisotopic (exact) mass is 393 g/mol. The maximum absolute atomic E-state index is 12.4. The molecular formula is C22H23N3O4. The van der Waals surface area contributed by atoms with Gasteiger partial charge in [-0.25, -0.2) is 4.79 Å². The Morgan fingerprint density at radius 1 is 1.07 bits per heavy atom. The third-order valence-corrected chi connectivity index (χ3v) is 4.70. The third kappa shape index (κ3) is 5.01. The van der Waals surface area contributed by atoms with Crippen LogP contribution in [0.15, 0.2) is 54.7 Å². The number of aromatic amines is 1. The first kappa shape index (κ1) is 20.1. The minimum Gasteiger partial charge on any atom is -0.465 e. The highest BCUT2D eigenvalue weighted by atomic mass is 16.5. The molecule has 2 N–H and O–H groups in total. The Balaban J connectivity index is 1.59. The Kier molecular flexibility index (Phi) is 6.29. The Bertz CT molecular complexity index is 1020. The molecule has 150 valence electrons. The van der Waals surface area contributed by atoms with Crippen molar-refractivity contribution in [3.8, 4) is 0 Å². The summed E-state index contributed by atoms with van der Waals surface area (Å²) in [5.74, 6) is -0.908. The van der Waals surface area contributed by atoms with E-state index in [0.29, 0.717) is 24.2 Å². The van der Waals surface area contributed by atoms with Crippen molar-refractivity contribution in [1.29, 1.82) is 0 Å². The fourth-order valence-corrected chi connectivity index (χ4v) is 3.12. The zero-order valence-electron chi connectivity index (χ0n) is 16.4. The topological polar surface area (TPSA) is 91.5 Å². The van der Waals surface area contributed by atoms with Crippen LogP contribution in [0.2, 0.25) is 0 Å². The van der Waals surface area contributed by atoms with Crippen molar-refractivity contribution in [3.05, 3.63) is 65.9 Å². The fraction of sp³-hybridized carbons (Fsp3) is 0.227. The van der Waals surface area contributed by atoms with E-state index < -0.39 is 5.97 Å². The van der Waals surface area contributed by atoms with E-state index >= 15 is 0 Å². The molecule has 1 heterocycles. The molecule has 3 rings (SSSR count). The minimum absolute atomic E-state index is 0.0452. The van der Waals surface area contributed by atoms with Crippen molar-refractivity contribution in [2.24, 2.45) is 0 Å². The Labute approximate surface area is 168 Å². The molecule has 2 amide bonds. The average molecular weight is 393 g/mol. The lowest BCUT2D eigenvalue weighted by Crippen LogP contribution is -2.37. The van der Waals surface area contributed by atoms with Crippen molar-refractivity contribution in [3.63, 3.8) is 0 Å². The number of ether oxygens (including phenoxy) is 1. The summed E-state index contributed by atoms with van der Waals surface area (Å²) in [6, 6.07) is 14.4. The molecule has 3 aromatic rings. The lowest BCUT2D eigenvalue weighted by molar-refractivity contribution is -0.132. The second-order valence-corrected chi connectivity index (χ2v) is 6.67. The van der Waals surface area contributed by atoms with Gasteiger partial charge >= 0.3 is 5.97 Å². The molecule has 0 saturated heterocycles. The number of hydrogen-bond donors (Lipinski definition) is 2. The largest absolute Gasteiger partial charge is 0.465 e. The maximum Gasteiger partial charge on any atom is 0.337 e. The Morgan fingerprint density at radius 3 is 2.48 bits per heavy atom. The van der Waals surface area contributed by atoms with Crippen LogP contribution in [0, 0.1) is 0 Å². The summed E-state index contributed by atoms with van der Waals surface area (Å²) in [7, 11) is 1.31. The number of rotatable bonds is 7. The lowest BCUT2D eigenvalue weighted by Gasteiger charge is -2.20. The number of anilines is 1. The molecular weight excluding hydrogens is 370 g/mol. The number of fused-ring (bicyclic) bond motifs is 1. The van der Waals surface area contributed by atoms with Crippen molar-refractivity contribution in [2.45, 2.75) is 13.3 Å². The van der Waals surface area contributed by atoms with Gasteiger partial charge in [-0.1, -0.05) is 18.2 Å². The van der Waals surface area contributed by atoms with Gasteiger partial charge in [-0.2, -0.15) is 0 Å². The highest BCUT2D eigenvalue weighted by Gasteiger charge is 2.15. The molecule has 0 unspecified atom stereocenters. The molecule has 7 nitrogen and oxygen atoms in total. The van der Waals surface area contributed by atoms with Crippen LogP contribution in [0.4, 0.5) is 5.69 Å². The average Bonchev–Trinajstić information content (AvgIpc) is 3.14. The zero-order chi connectivity index (χ0) is 20.8. The number of nitrogens with one attached hydrogen (secondary N) is 2. The number of H-pyrrole nitrogens is 1. The van der Waals surface area contributed by atoms with Gasteiger partial charge in [0.15, 0.2) is 0 Å². The van der Waals surface area contributed by atoms with E-state index in [4.69, 9.17) is 0 Å². The van der Waals surface area contributed by atoms with Crippen LogP contribution in [0.5, 0.6) is 0 Å². The molecule has 0 fully saturated rings. The minimum atomic E-state index is -0.442. The molecule has 2 aromatic carbocycles. The van der Waals surface area contributed by atoms with Gasteiger partial charge in [0.05, 0.1) is 19.2 Å². The summed E-state index contributed by atoms with van der Waals surface area (Å²) in [5.41, 5.74) is 3.09. The number of para-hydroxylation sites is 1. The number of aromatic nitrogens is 1. The number of nitrogens with zero attached hydrogens (tertiary/aromatic N) is 1. The van der Waals surface area contributed by atoms with Gasteiger partial charge < -0.3 is 19.9 Å². The molecule has 0 atom stereocenters. The molecule has 0 aliphatic carbocycles. The molecule has 0 aliphatic rings. The highest BCUT2D eigenvalue weighted by Crippen LogP contribution is 2.18. The normalized spacial score (nSPS) is 10.6. The number of methoxy groups -OCH3 is 1. The molecule has 0 spiro atoms. The van der Waals surface area contributed by atoms with Crippen LogP contribution in [0.25, 0.3) is 10.9 Å². The Hall–Kier alpha value is -3.61. The standard InChI is InChI=1S/C22H23N3O4/c1-15(26)25(12-11-17-13-23-20-6-4-3-5-19(17)20)14-21(27)24-18-9-7-16(8-10-18)22(28)29-2/h3-10,13,23H,11-12,14H2,1-2H3,(H,24,27). The van der Waals surface area contributed by atoms with Gasteiger partial charge in [-0.15, -0.1) is 0 Å². The predicted molar refractivity (Wildman–Crippen MR) is 111 cm³/mol. The van der Waals surface area contributed by atoms with Gasteiger partial charge in [0, 0.05) is 36.3 Å². The molecule has 0 aliphatic heterocycles. The molecule has 29 heavy (non-hydrogen) atoms. The summed E-state index contributed by atoms with van der Waals surface area (Å²) in [6.45, 7) is 1.84. The van der Waals surface area contributed by atoms with Crippen LogP contribution < -0.4 is 5.32 Å². The first-order valence-corrected chi connectivity index (χ1v) is 9.26. The summed E-state index contributed by atoms with van der Waals surface area (Å²) in [4.78, 5) is 40.6. The van der Waals surface area contributed by atoms with Crippen molar-refractivity contribution in [2.75, 3.05) is 25.5 Å². The van der Waals surface area contributed by atoms with Crippen LogP contribution in [-0.2, 0) is 20.7 Å². The van der Waals surface area contributed by atoms with E-state index in [2.05, 4.69) is 15.0 Å². The van der Waals surface area contributed by atoms with E-state index in [1.807, 2.05) is 30.5 Å². The Morgan fingerprint density at radius 2 is 1.79 bits per heavy atom. The van der Waals surface area contributed by atoms with Crippen LogP contribution >= 0.6 is 0 Å². The molecule has 0 bridgehead atoms. The van der Waals surface area contributed by atoms with Gasteiger partial charge in [-0.05, 0) is 42.3 Å². The van der Waals surface area contributed by atoms with E-state index in [1.165, 1.54) is 18.9 Å². The predicted octanol–water partition coefficient (Wildman–Crippen LogP) is 2.98. The molecule has 0 saturated carbocycles. The maximum atomic E-state index is 12.4. The quantitative estimate of drug-likeness (QED) is 0.604. The summed E-state index contributed by atoms with van der Waals surface area (Å²) in [6.07, 6.45) is 2.58. The van der Waals surface area contributed by atoms with E-state index in [0.717, 1.165) is 16.5 Å². The number of benzene rings is 2. The SMILES string of the molecule is COC(=O)c1ccc(NC(=O)CN(CCc2c[nH]c3ccccc23)C(C)=O)cc1. The second kappa shape index (κ2) is 9.05. The summed E-state index contributed by atoms with van der Waals surface area (Å²) < 4.78 is 4.65. The summed E-state index contributed by atoms with van der Waals surface area (Å²) >= 11 is 0. The fourth-order valence-electron chi connectivity index (χ4n) is 3.12. The first-order valence-electron chi connectivity index (χ1n) is 9.26. The van der Waals surface area contributed by atoms with Crippen molar-refractivity contribution < 1.29 is 19.1 Å². The summed E-state index contributed by atoms with van der Waals surface area (Å²) in [5, 5.41) is 3.86. The molecule has 0 radical (unpaired) electrons. The van der Waals surface area contributed by atoms with Gasteiger partial charge in [0.1, 0.15) is 0 Å². The van der Waals surface area contributed by atoms with E-state index in [-0.39, 0.29) is 18.4 Å². The smallest absolute Gasteiger partial charge is 0.337 e.